The summed E-state index contributed by atoms with van der Waals surface area (Å²) in [6, 6.07) is 0. The summed E-state index contributed by atoms with van der Waals surface area (Å²) >= 11 is 4.81. The van der Waals surface area contributed by atoms with Gasteiger partial charge in [-0.2, -0.15) is 0 Å². The van der Waals surface area contributed by atoms with Crippen LogP contribution < -0.4 is 16.6 Å². The number of hydrazine groups is 1. The van der Waals surface area contributed by atoms with Gasteiger partial charge in [0.05, 0.1) is 0 Å². The summed E-state index contributed by atoms with van der Waals surface area (Å²) in [4.78, 5) is 0. The van der Waals surface area contributed by atoms with Gasteiger partial charge in [0.2, 0.25) is 0 Å². The van der Waals surface area contributed by atoms with Crippen LogP contribution in [0.15, 0.2) is 0 Å². The molecule has 0 aromatic carbocycles. The van der Waals surface area contributed by atoms with Gasteiger partial charge in [0.25, 0.3) is 0 Å². The number of thiocarbonyl (C=S) groups is 1. The maximum Gasteiger partial charge on any atom is 0.180 e. The van der Waals surface area contributed by atoms with E-state index in [9.17, 15) is 0 Å². The molecule has 12 heavy (non-hydrogen) atoms. The van der Waals surface area contributed by atoms with Crippen molar-refractivity contribution in [3.63, 3.8) is 0 Å². The monoisotopic (exact) mass is 189 g/mol. The Morgan fingerprint density at radius 1 is 1.42 bits per heavy atom. The number of hydrogen-bond donors (Lipinski definition) is 3. The van der Waals surface area contributed by atoms with E-state index in [0.29, 0.717) is 5.11 Å². The van der Waals surface area contributed by atoms with Crippen LogP contribution in [-0.2, 0) is 0 Å². The summed E-state index contributed by atoms with van der Waals surface area (Å²) in [5.74, 6) is 5.88. The number of nitrogens with one attached hydrogen (secondary N) is 2. The van der Waals surface area contributed by atoms with E-state index in [1.807, 2.05) is 0 Å². The molecule has 0 rings (SSSR count). The van der Waals surface area contributed by atoms with Crippen molar-refractivity contribution in [2.24, 2.45) is 11.8 Å². The first-order valence-corrected chi connectivity index (χ1v) is 4.82. The Morgan fingerprint density at radius 2 is 2.08 bits per heavy atom. The van der Waals surface area contributed by atoms with Gasteiger partial charge in [0.1, 0.15) is 0 Å². The zero-order valence-electron chi connectivity index (χ0n) is 7.89. The van der Waals surface area contributed by atoms with Gasteiger partial charge in [0.15, 0.2) is 5.11 Å². The van der Waals surface area contributed by atoms with Crippen molar-refractivity contribution in [1.29, 1.82) is 0 Å². The molecule has 0 saturated heterocycles. The van der Waals surface area contributed by atoms with Gasteiger partial charge < -0.3 is 10.7 Å². The van der Waals surface area contributed by atoms with Crippen molar-refractivity contribution in [3.05, 3.63) is 0 Å². The van der Waals surface area contributed by atoms with Crippen LogP contribution in [0, 0.1) is 5.92 Å². The van der Waals surface area contributed by atoms with Crippen LogP contribution in [0.4, 0.5) is 0 Å². The predicted octanol–water partition coefficient (Wildman–Crippen LogP) is 1.15. The third-order valence-electron chi connectivity index (χ3n) is 1.62. The molecule has 0 aliphatic carbocycles. The molecule has 0 radical (unpaired) electrons. The average Bonchev–Trinajstić information content (AvgIpc) is 2.03. The summed E-state index contributed by atoms with van der Waals surface area (Å²) in [6.07, 6.45) is 3.68. The fourth-order valence-corrected chi connectivity index (χ4v) is 1.03. The van der Waals surface area contributed by atoms with Crippen molar-refractivity contribution in [1.82, 2.24) is 10.7 Å². The fourth-order valence-electron chi connectivity index (χ4n) is 0.931. The Labute approximate surface area is 80.1 Å². The van der Waals surface area contributed by atoms with E-state index in [1.54, 1.807) is 0 Å². The number of unbranched alkanes of at least 4 members (excludes halogenated alkanes) is 1. The average molecular weight is 189 g/mol. The molecule has 0 unspecified atom stereocenters. The molecule has 0 aliphatic rings. The van der Waals surface area contributed by atoms with E-state index < -0.39 is 0 Å². The predicted molar refractivity (Wildman–Crippen MR) is 56.6 cm³/mol. The van der Waals surface area contributed by atoms with E-state index in [0.717, 1.165) is 18.9 Å². The third kappa shape index (κ3) is 7.75. The van der Waals surface area contributed by atoms with Gasteiger partial charge in [-0.05, 0) is 24.6 Å². The van der Waals surface area contributed by atoms with Crippen LogP contribution in [0.5, 0.6) is 0 Å². The van der Waals surface area contributed by atoms with Crippen molar-refractivity contribution < 1.29 is 0 Å². The lowest BCUT2D eigenvalue weighted by Gasteiger charge is -2.07. The van der Waals surface area contributed by atoms with E-state index in [-0.39, 0.29) is 0 Å². The van der Waals surface area contributed by atoms with Gasteiger partial charge in [-0.25, -0.2) is 5.84 Å². The Morgan fingerprint density at radius 3 is 2.58 bits per heavy atom. The van der Waals surface area contributed by atoms with Crippen LogP contribution in [-0.4, -0.2) is 11.7 Å². The first-order chi connectivity index (χ1) is 5.66. The minimum absolute atomic E-state index is 0.527. The molecule has 3 nitrogen and oxygen atoms in total. The molecule has 0 aromatic heterocycles. The molecule has 0 spiro atoms. The summed E-state index contributed by atoms with van der Waals surface area (Å²) < 4.78 is 0. The molecule has 0 amide bonds. The molecule has 0 aliphatic heterocycles. The second-order valence-electron chi connectivity index (χ2n) is 3.29. The van der Waals surface area contributed by atoms with Crippen LogP contribution in [0.1, 0.15) is 33.1 Å². The van der Waals surface area contributed by atoms with E-state index in [2.05, 4.69) is 24.6 Å². The number of hydrogen-bond acceptors (Lipinski definition) is 2. The minimum Gasteiger partial charge on any atom is -0.362 e. The van der Waals surface area contributed by atoms with Gasteiger partial charge in [-0.15, -0.1) is 0 Å². The molecular formula is C8H19N3S. The highest BCUT2D eigenvalue weighted by atomic mass is 32.1. The molecule has 0 aromatic rings. The smallest absolute Gasteiger partial charge is 0.180 e. The third-order valence-corrected chi connectivity index (χ3v) is 1.89. The lowest BCUT2D eigenvalue weighted by molar-refractivity contribution is 0.535. The maximum absolute atomic E-state index is 5.08. The Balaban J connectivity index is 3.05. The van der Waals surface area contributed by atoms with Gasteiger partial charge in [-0.3, -0.25) is 0 Å². The first-order valence-electron chi connectivity index (χ1n) is 4.41. The standard InChI is InChI=1S/C8H19N3S/c1-7(2)5-3-4-6-10-8(12)11-9/h7H,3-6,9H2,1-2H3,(H2,10,11,12). The zero-order valence-corrected chi connectivity index (χ0v) is 8.71. The van der Waals surface area contributed by atoms with Gasteiger partial charge >= 0.3 is 0 Å². The van der Waals surface area contributed by atoms with Gasteiger partial charge in [0, 0.05) is 6.54 Å². The molecule has 4 heteroatoms. The molecule has 72 valence electrons. The number of nitrogens with two attached hydrogens (primary N) is 1. The summed E-state index contributed by atoms with van der Waals surface area (Å²) in [7, 11) is 0. The first kappa shape index (κ1) is 11.6. The zero-order chi connectivity index (χ0) is 9.40. The molecule has 0 heterocycles. The van der Waals surface area contributed by atoms with Crippen LogP contribution in [0.25, 0.3) is 0 Å². The Bertz CT molecular complexity index is 125. The Hall–Kier alpha value is -0.350. The van der Waals surface area contributed by atoms with Crippen LogP contribution in [0.3, 0.4) is 0 Å². The van der Waals surface area contributed by atoms with Crippen LogP contribution in [0.2, 0.25) is 0 Å². The lowest BCUT2D eigenvalue weighted by atomic mass is 10.1. The molecule has 0 bridgehead atoms. The van der Waals surface area contributed by atoms with Crippen molar-refractivity contribution >= 4 is 17.3 Å². The van der Waals surface area contributed by atoms with E-state index >= 15 is 0 Å². The van der Waals surface area contributed by atoms with E-state index in [4.69, 9.17) is 18.1 Å². The van der Waals surface area contributed by atoms with Crippen LogP contribution >= 0.6 is 12.2 Å². The summed E-state index contributed by atoms with van der Waals surface area (Å²) in [5, 5.41) is 3.53. The summed E-state index contributed by atoms with van der Waals surface area (Å²) in [5.41, 5.74) is 2.38. The quantitative estimate of drug-likeness (QED) is 0.263. The molecule has 0 saturated carbocycles. The summed E-state index contributed by atoms with van der Waals surface area (Å²) in [6.45, 7) is 5.38. The topological polar surface area (TPSA) is 50.1 Å². The van der Waals surface area contributed by atoms with Crippen molar-refractivity contribution in [2.45, 2.75) is 33.1 Å². The lowest BCUT2D eigenvalue weighted by Crippen LogP contribution is -2.39. The second-order valence-corrected chi connectivity index (χ2v) is 3.70. The fraction of sp³-hybridized carbons (Fsp3) is 0.875. The highest BCUT2D eigenvalue weighted by Gasteiger charge is 1.94. The molecule has 0 atom stereocenters. The molecular weight excluding hydrogens is 170 g/mol. The van der Waals surface area contributed by atoms with Crippen molar-refractivity contribution in [2.75, 3.05) is 6.54 Å². The Kier molecular flexibility index (Phi) is 7.09. The van der Waals surface area contributed by atoms with Crippen molar-refractivity contribution in [3.8, 4) is 0 Å². The van der Waals surface area contributed by atoms with Gasteiger partial charge in [-0.1, -0.05) is 26.7 Å². The molecule has 0 fully saturated rings. The SMILES string of the molecule is CC(C)CCCCNC(=S)NN. The molecule has 4 N–H and O–H groups in total. The second kappa shape index (κ2) is 7.31. The normalized spacial score (nSPS) is 10.0. The highest BCUT2D eigenvalue weighted by molar-refractivity contribution is 7.80. The maximum atomic E-state index is 5.08. The minimum atomic E-state index is 0.527. The largest absolute Gasteiger partial charge is 0.362 e. The number of rotatable bonds is 5. The highest BCUT2D eigenvalue weighted by Crippen LogP contribution is 2.04. The van der Waals surface area contributed by atoms with E-state index in [1.165, 1.54) is 12.8 Å².